The molecule has 0 aliphatic carbocycles. The molecule has 2 rings (SSSR count). The molecule has 0 saturated carbocycles. The fourth-order valence-electron chi connectivity index (χ4n) is 2.19. The summed E-state index contributed by atoms with van der Waals surface area (Å²) in [5.41, 5.74) is 1.95. The van der Waals surface area contributed by atoms with E-state index in [1.54, 1.807) is 11.0 Å². The fourth-order valence-corrected chi connectivity index (χ4v) is 2.36. The number of halogens is 1. The minimum absolute atomic E-state index is 0.141. The number of benzene rings is 2. The summed E-state index contributed by atoms with van der Waals surface area (Å²) >= 11 is 6.07. The SMILES string of the molecule is CCN(C(=O)NCCOc1cc(C)ccc1Cl)c1ccccc1. The number of hydrogen-bond acceptors (Lipinski definition) is 2. The maximum absolute atomic E-state index is 12.2. The maximum Gasteiger partial charge on any atom is 0.321 e. The first-order chi connectivity index (χ1) is 11.1. The number of amides is 2. The van der Waals surface area contributed by atoms with Crippen molar-refractivity contribution in [3.05, 3.63) is 59.1 Å². The van der Waals surface area contributed by atoms with Crippen LogP contribution in [0.5, 0.6) is 5.75 Å². The number of carbonyl (C=O) groups excluding carboxylic acids is 1. The molecule has 0 aliphatic rings. The van der Waals surface area contributed by atoms with Crippen molar-refractivity contribution in [3.8, 4) is 5.75 Å². The van der Waals surface area contributed by atoms with Crippen LogP contribution < -0.4 is 15.0 Å². The van der Waals surface area contributed by atoms with Crippen LogP contribution >= 0.6 is 11.6 Å². The van der Waals surface area contributed by atoms with Crippen molar-refractivity contribution in [1.82, 2.24) is 5.32 Å². The molecule has 0 fully saturated rings. The van der Waals surface area contributed by atoms with Crippen LogP contribution in [-0.4, -0.2) is 25.7 Å². The van der Waals surface area contributed by atoms with Gasteiger partial charge in [0.1, 0.15) is 12.4 Å². The highest BCUT2D eigenvalue weighted by molar-refractivity contribution is 6.32. The van der Waals surface area contributed by atoms with Gasteiger partial charge in [-0.05, 0) is 43.7 Å². The molecule has 0 aromatic heterocycles. The summed E-state index contributed by atoms with van der Waals surface area (Å²) in [5, 5.41) is 3.43. The van der Waals surface area contributed by atoms with Gasteiger partial charge in [-0.2, -0.15) is 0 Å². The van der Waals surface area contributed by atoms with Crippen molar-refractivity contribution in [1.29, 1.82) is 0 Å². The smallest absolute Gasteiger partial charge is 0.321 e. The Morgan fingerprint density at radius 1 is 1.22 bits per heavy atom. The Bertz CT molecular complexity index is 647. The predicted octanol–water partition coefficient (Wildman–Crippen LogP) is 4.26. The highest BCUT2D eigenvalue weighted by atomic mass is 35.5. The van der Waals surface area contributed by atoms with Crippen molar-refractivity contribution in [2.75, 3.05) is 24.6 Å². The number of ether oxygens (including phenoxy) is 1. The maximum atomic E-state index is 12.2. The van der Waals surface area contributed by atoms with Gasteiger partial charge < -0.3 is 10.1 Å². The normalized spacial score (nSPS) is 10.2. The van der Waals surface area contributed by atoms with E-state index in [9.17, 15) is 4.79 Å². The van der Waals surface area contributed by atoms with Crippen LogP contribution in [-0.2, 0) is 0 Å². The summed E-state index contributed by atoms with van der Waals surface area (Å²) in [6.45, 7) is 5.29. The zero-order chi connectivity index (χ0) is 16.7. The Morgan fingerprint density at radius 2 is 1.96 bits per heavy atom. The molecule has 0 saturated heterocycles. The number of para-hydroxylation sites is 1. The van der Waals surface area contributed by atoms with Crippen molar-refractivity contribution in [3.63, 3.8) is 0 Å². The van der Waals surface area contributed by atoms with E-state index >= 15 is 0 Å². The summed E-state index contributed by atoms with van der Waals surface area (Å²) in [7, 11) is 0. The molecule has 2 aromatic carbocycles. The Hall–Kier alpha value is -2.20. The van der Waals surface area contributed by atoms with Crippen LogP contribution in [0.1, 0.15) is 12.5 Å². The Kier molecular flexibility index (Phi) is 6.29. The quantitative estimate of drug-likeness (QED) is 0.803. The summed E-state index contributed by atoms with van der Waals surface area (Å²) in [6, 6.07) is 15.0. The topological polar surface area (TPSA) is 41.6 Å². The van der Waals surface area contributed by atoms with E-state index in [2.05, 4.69) is 5.32 Å². The molecule has 0 heterocycles. The van der Waals surface area contributed by atoms with Crippen LogP contribution in [0.3, 0.4) is 0 Å². The second-order valence-corrected chi connectivity index (χ2v) is 5.50. The van der Waals surface area contributed by atoms with E-state index < -0.39 is 0 Å². The van der Waals surface area contributed by atoms with Gasteiger partial charge in [0.2, 0.25) is 0 Å². The van der Waals surface area contributed by atoms with E-state index in [1.165, 1.54) is 0 Å². The summed E-state index contributed by atoms with van der Waals surface area (Å²) < 4.78 is 5.62. The summed E-state index contributed by atoms with van der Waals surface area (Å²) in [5.74, 6) is 0.635. The van der Waals surface area contributed by atoms with Crippen molar-refractivity contribution in [2.45, 2.75) is 13.8 Å². The van der Waals surface area contributed by atoms with E-state index in [1.807, 2.05) is 56.3 Å². The Morgan fingerprint density at radius 3 is 2.65 bits per heavy atom. The molecule has 122 valence electrons. The van der Waals surface area contributed by atoms with Crippen LogP contribution in [0.4, 0.5) is 10.5 Å². The molecule has 2 amide bonds. The number of carbonyl (C=O) groups is 1. The molecule has 2 aromatic rings. The fraction of sp³-hybridized carbons (Fsp3) is 0.278. The van der Waals surface area contributed by atoms with Gasteiger partial charge in [0.25, 0.3) is 0 Å². The standard InChI is InChI=1S/C18H21ClN2O2/c1-3-21(15-7-5-4-6-8-15)18(22)20-11-12-23-17-13-14(2)9-10-16(17)19/h4-10,13H,3,11-12H2,1-2H3,(H,20,22). The van der Waals surface area contributed by atoms with Crippen LogP contribution in [0.25, 0.3) is 0 Å². The second-order valence-electron chi connectivity index (χ2n) is 5.09. The number of aryl methyl sites for hydroxylation is 1. The van der Waals surface area contributed by atoms with Crippen molar-refractivity contribution < 1.29 is 9.53 Å². The number of nitrogens with one attached hydrogen (secondary N) is 1. The number of nitrogens with zero attached hydrogens (tertiary/aromatic N) is 1. The Labute approximate surface area is 142 Å². The van der Waals surface area contributed by atoms with Gasteiger partial charge >= 0.3 is 6.03 Å². The van der Waals surface area contributed by atoms with E-state index in [-0.39, 0.29) is 6.03 Å². The van der Waals surface area contributed by atoms with Gasteiger partial charge in [0.15, 0.2) is 0 Å². The van der Waals surface area contributed by atoms with Gasteiger partial charge in [-0.25, -0.2) is 4.79 Å². The third-order valence-corrected chi connectivity index (χ3v) is 3.66. The van der Waals surface area contributed by atoms with Gasteiger partial charge in [0, 0.05) is 12.2 Å². The molecule has 4 nitrogen and oxygen atoms in total. The van der Waals surface area contributed by atoms with Crippen LogP contribution in [0.15, 0.2) is 48.5 Å². The van der Waals surface area contributed by atoms with Crippen molar-refractivity contribution in [2.24, 2.45) is 0 Å². The third-order valence-electron chi connectivity index (χ3n) is 3.35. The number of urea groups is 1. The molecule has 0 radical (unpaired) electrons. The van der Waals surface area contributed by atoms with Gasteiger partial charge in [-0.1, -0.05) is 35.9 Å². The molecule has 5 heteroatoms. The third kappa shape index (κ3) is 4.89. The lowest BCUT2D eigenvalue weighted by molar-refractivity contribution is 0.242. The molecule has 0 bridgehead atoms. The van der Waals surface area contributed by atoms with Crippen LogP contribution in [0.2, 0.25) is 5.02 Å². The summed E-state index contributed by atoms with van der Waals surface area (Å²) in [4.78, 5) is 13.9. The molecular weight excluding hydrogens is 312 g/mol. The highest BCUT2D eigenvalue weighted by Crippen LogP contribution is 2.24. The van der Waals surface area contributed by atoms with E-state index in [0.717, 1.165) is 11.3 Å². The predicted molar refractivity (Wildman–Crippen MR) is 94.5 cm³/mol. The first kappa shape index (κ1) is 17.2. The average molecular weight is 333 g/mol. The molecule has 0 unspecified atom stereocenters. The minimum Gasteiger partial charge on any atom is -0.490 e. The lowest BCUT2D eigenvalue weighted by Gasteiger charge is -2.21. The lowest BCUT2D eigenvalue weighted by atomic mass is 10.2. The molecule has 0 aliphatic heterocycles. The second kappa shape index (κ2) is 8.44. The van der Waals surface area contributed by atoms with Gasteiger partial charge in [0.05, 0.1) is 11.6 Å². The molecule has 23 heavy (non-hydrogen) atoms. The largest absolute Gasteiger partial charge is 0.490 e. The van der Waals surface area contributed by atoms with Gasteiger partial charge in [-0.15, -0.1) is 0 Å². The highest BCUT2D eigenvalue weighted by Gasteiger charge is 2.12. The molecular formula is C18H21ClN2O2. The Balaban J connectivity index is 1.83. The number of anilines is 1. The average Bonchev–Trinajstić information content (AvgIpc) is 2.56. The number of rotatable bonds is 6. The molecule has 0 atom stereocenters. The minimum atomic E-state index is -0.141. The molecule has 1 N–H and O–H groups in total. The zero-order valence-corrected chi connectivity index (χ0v) is 14.1. The van der Waals surface area contributed by atoms with E-state index in [0.29, 0.717) is 30.5 Å². The monoisotopic (exact) mass is 332 g/mol. The van der Waals surface area contributed by atoms with Crippen LogP contribution in [0, 0.1) is 6.92 Å². The van der Waals surface area contributed by atoms with Gasteiger partial charge in [-0.3, -0.25) is 4.90 Å². The van der Waals surface area contributed by atoms with E-state index in [4.69, 9.17) is 16.3 Å². The zero-order valence-electron chi connectivity index (χ0n) is 13.4. The summed E-state index contributed by atoms with van der Waals surface area (Å²) in [6.07, 6.45) is 0. The first-order valence-electron chi connectivity index (χ1n) is 7.61. The molecule has 0 spiro atoms. The number of hydrogen-bond donors (Lipinski definition) is 1. The first-order valence-corrected chi connectivity index (χ1v) is 7.99. The van der Waals surface area contributed by atoms with Crippen molar-refractivity contribution >= 4 is 23.3 Å². The lowest BCUT2D eigenvalue weighted by Crippen LogP contribution is -2.41.